The van der Waals surface area contributed by atoms with Gasteiger partial charge in [-0.1, -0.05) is 66.0 Å². The van der Waals surface area contributed by atoms with Gasteiger partial charge in [0.25, 0.3) is 0 Å². The van der Waals surface area contributed by atoms with Gasteiger partial charge in [-0.15, -0.1) is 11.8 Å². The Bertz CT molecular complexity index is 888. The van der Waals surface area contributed by atoms with Crippen molar-refractivity contribution in [2.24, 2.45) is 0 Å². The van der Waals surface area contributed by atoms with E-state index in [0.717, 1.165) is 16.7 Å². The molecule has 0 fully saturated rings. The highest BCUT2D eigenvalue weighted by atomic mass is 35.5. The van der Waals surface area contributed by atoms with Gasteiger partial charge in [0.15, 0.2) is 0 Å². The Kier molecular flexibility index (Phi) is 10.2. The Morgan fingerprint density at radius 2 is 1.68 bits per heavy atom. The highest BCUT2D eigenvalue weighted by Gasteiger charge is 2.28. The third-order valence-corrected chi connectivity index (χ3v) is 6.50. The molecule has 0 radical (unpaired) electrons. The number of hydrogen-bond donors (Lipinski definition) is 1. The molecule has 2 aromatic carbocycles. The molecule has 2 rings (SSSR count). The summed E-state index contributed by atoms with van der Waals surface area (Å²) in [6.07, 6.45) is 0.549. The molecule has 0 aliphatic rings. The smallest absolute Gasteiger partial charge is 0.243 e. The second kappa shape index (κ2) is 12.4. The minimum Gasteiger partial charge on any atom is -0.352 e. The first-order valence-corrected chi connectivity index (χ1v) is 12.3. The quantitative estimate of drug-likeness (QED) is 0.462. The molecule has 0 aliphatic heterocycles. The fourth-order valence-corrected chi connectivity index (χ4v) is 4.34. The molecule has 0 aromatic heterocycles. The number of aryl methyl sites for hydroxylation is 1. The maximum atomic E-state index is 13.2. The van der Waals surface area contributed by atoms with Crippen molar-refractivity contribution in [1.82, 2.24) is 10.2 Å². The molecule has 1 N–H and O–H groups in total. The van der Waals surface area contributed by atoms with Crippen LogP contribution in [0.25, 0.3) is 0 Å². The Balaban J connectivity index is 2.12. The van der Waals surface area contributed by atoms with E-state index in [0.29, 0.717) is 28.8 Å². The van der Waals surface area contributed by atoms with E-state index in [9.17, 15) is 9.59 Å². The van der Waals surface area contributed by atoms with Crippen molar-refractivity contribution in [3.8, 4) is 0 Å². The van der Waals surface area contributed by atoms with Crippen molar-refractivity contribution in [2.75, 3.05) is 5.75 Å². The van der Waals surface area contributed by atoms with Gasteiger partial charge in [0.2, 0.25) is 11.8 Å². The molecule has 2 aromatic rings. The number of hydrogen-bond acceptors (Lipinski definition) is 3. The number of benzene rings is 2. The molecule has 0 bridgehead atoms. The van der Waals surface area contributed by atoms with Crippen LogP contribution >= 0.6 is 35.0 Å². The first kappa shape index (κ1) is 25.6. The van der Waals surface area contributed by atoms with E-state index in [1.165, 1.54) is 11.8 Å². The lowest BCUT2D eigenvalue weighted by molar-refractivity contribution is -0.139. The van der Waals surface area contributed by atoms with Gasteiger partial charge >= 0.3 is 0 Å². The minimum atomic E-state index is -0.512. The standard InChI is InChI=1S/C24H30Cl2N2O2S/c1-5-22(24(30)27-16(2)3)28(13-18-8-6-17(4)7-9-18)23(29)15-31-14-19-10-11-20(25)21(26)12-19/h6-12,16,22H,5,13-15H2,1-4H3,(H,27,30)/t22-/m0/s1. The van der Waals surface area contributed by atoms with Gasteiger partial charge in [-0.2, -0.15) is 0 Å². The highest BCUT2D eigenvalue weighted by molar-refractivity contribution is 7.99. The topological polar surface area (TPSA) is 49.4 Å². The van der Waals surface area contributed by atoms with Crippen LogP contribution in [0.2, 0.25) is 10.0 Å². The zero-order valence-corrected chi connectivity index (χ0v) is 20.8. The minimum absolute atomic E-state index is 0.0157. The molecule has 31 heavy (non-hydrogen) atoms. The molecule has 4 nitrogen and oxygen atoms in total. The summed E-state index contributed by atoms with van der Waals surface area (Å²) < 4.78 is 0. The fourth-order valence-electron chi connectivity index (χ4n) is 3.16. The predicted octanol–water partition coefficient (Wildman–Crippen LogP) is 5.87. The van der Waals surface area contributed by atoms with Crippen LogP contribution in [0.1, 0.15) is 43.9 Å². The highest BCUT2D eigenvalue weighted by Crippen LogP contribution is 2.25. The Hall–Kier alpha value is -1.69. The second-order valence-corrected chi connectivity index (χ2v) is 9.64. The van der Waals surface area contributed by atoms with E-state index >= 15 is 0 Å². The second-order valence-electron chi connectivity index (χ2n) is 7.84. The summed E-state index contributed by atoms with van der Waals surface area (Å²) in [5.74, 6) is 0.733. The molecule has 168 valence electrons. The average molecular weight is 481 g/mol. The Labute approximate surface area is 199 Å². The van der Waals surface area contributed by atoms with Crippen molar-refractivity contribution in [3.63, 3.8) is 0 Å². The monoisotopic (exact) mass is 480 g/mol. The van der Waals surface area contributed by atoms with E-state index < -0.39 is 6.04 Å². The number of carbonyl (C=O) groups excluding carboxylic acids is 2. The van der Waals surface area contributed by atoms with Crippen molar-refractivity contribution in [1.29, 1.82) is 0 Å². The van der Waals surface area contributed by atoms with Gasteiger partial charge < -0.3 is 10.2 Å². The number of nitrogens with zero attached hydrogens (tertiary/aromatic N) is 1. The van der Waals surface area contributed by atoms with Crippen LogP contribution in [-0.4, -0.2) is 34.6 Å². The van der Waals surface area contributed by atoms with Crippen LogP contribution in [0.4, 0.5) is 0 Å². The molecular formula is C24H30Cl2N2O2S. The van der Waals surface area contributed by atoms with Gasteiger partial charge in [-0.05, 0) is 50.5 Å². The first-order chi connectivity index (χ1) is 14.7. The third kappa shape index (κ3) is 8.06. The van der Waals surface area contributed by atoms with Crippen molar-refractivity contribution < 1.29 is 9.59 Å². The summed E-state index contributed by atoms with van der Waals surface area (Å²) in [6.45, 7) is 8.20. The lowest BCUT2D eigenvalue weighted by atomic mass is 10.1. The molecule has 0 aliphatic carbocycles. The maximum Gasteiger partial charge on any atom is 0.243 e. The number of thioether (sulfide) groups is 1. The number of carbonyl (C=O) groups is 2. The number of nitrogens with one attached hydrogen (secondary N) is 1. The Morgan fingerprint density at radius 1 is 1.03 bits per heavy atom. The van der Waals surface area contributed by atoms with Crippen LogP contribution in [0.15, 0.2) is 42.5 Å². The van der Waals surface area contributed by atoms with E-state index in [1.807, 2.05) is 64.1 Å². The predicted molar refractivity (Wildman–Crippen MR) is 132 cm³/mol. The van der Waals surface area contributed by atoms with E-state index in [2.05, 4.69) is 5.32 Å². The molecule has 0 saturated heterocycles. The van der Waals surface area contributed by atoms with Crippen LogP contribution in [-0.2, 0) is 21.9 Å². The summed E-state index contributed by atoms with van der Waals surface area (Å²) in [6, 6.07) is 13.0. The zero-order valence-electron chi connectivity index (χ0n) is 18.5. The summed E-state index contributed by atoms with van der Waals surface area (Å²) in [5, 5.41) is 3.97. The maximum absolute atomic E-state index is 13.2. The van der Waals surface area contributed by atoms with E-state index in [1.54, 1.807) is 11.0 Å². The SMILES string of the molecule is CC[C@@H](C(=O)NC(C)C)N(Cc1ccc(C)cc1)C(=O)CSCc1ccc(Cl)c(Cl)c1. The van der Waals surface area contributed by atoms with Crippen LogP contribution < -0.4 is 5.32 Å². The zero-order chi connectivity index (χ0) is 23.0. The lowest BCUT2D eigenvalue weighted by Crippen LogP contribution is -2.50. The lowest BCUT2D eigenvalue weighted by Gasteiger charge is -2.31. The van der Waals surface area contributed by atoms with E-state index in [-0.39, 0.29) is 23.6 Å². The summed E-state index contributed by atoms with van der Waals surface area (Å²) >= 11 is 13.6. The molecule has 2 amide bonds. The summed E-state index contributed by atoms with van der Waals surface area (Å²) in [5.41, 5.74) is 3.16. The molecule has 7 heteroatoms. The van der Waals surface area contributed by atoms with Gasteiger partial charge in [-0.3, -0.25) is 9.59 Å². The van der Waals surface area contributed by atoms with Crippen LogP contribution in [0, 0.1) is 6.92 Å². The van der Waals surface area contributed by atoms with Gasteiger partial charge in [-0.25, -0.2) is 0 Å². The number of amides is 2. The molecular weight excluding hydrogens is 451 g/mol. The largest absolute Gasteiger partial charge is 0.352 e. The molecule has 0 heterocycles. The average Bonchev–Trinajstić information content (AvgIpc) is 2.71. The molecule has 0 saturated carbocycles. The third-order valence-electron chi connectivity index (χ3n) is 4.77. The van der Waals surface area contributed by atoms with Crippen molar-refractivity contribution in [3.05, 3.63) is 69.2 Å². The summed E-state index contributed by atoms with van der Waals surface area (Å²) in [7, 11) is 0. The Morgan fingerprint density at radius 3 is 2.26 bits per heavy atom. The normalized spacial score (nSPS) is 12.0. The fraction of sp³-hybridized carbons (Fsp3) is 0.417. The molecule has 0 unspecified atom stereocenters. The number of halogens is 2. The number of rotatable bonds is 10. The molecule has 1 atom stereocenters. The van der Waals surface area contributed by atoms with Gasteiger partial charge in [0.1, 0.15) is 6.04 Å². The first-order valence-electron chi connectivity index (χ1n) is 10.4. The van der Waals surface area contributed by atoms with Crippen molar-refractivity contribution >= 4 is 46.8 Å². The van der Waals surface area contributed by atoms with Crippen LogP contribution in [0.3, 0.4) is 0 Å². The van der Waals surface area contributed by atoms with Crippen LogP contribution in [0.5, 0.6) is 0 Å². The van der Waals surface area contributed by atoms with Crippen molar-refractivity contribution in [2.45, 2.75) is 58.5 Å². The van der Waals surface area contributed by atoms with Gasteiger partial charge in [0, 0.05) is 18.3 Å². The van der Waals surface area contributed by atoms with Gasteiger partial charge in [0.05, 0.1) is 15.8 Å². The molecule has 0 spiro atoms. The summed E-state index contributed by atoms with van der Waals surface area (Å²) in [4.78, 5) is 27.7. The van der Waals surface area contributed by atoms with E-state index in [4.69, 9.17) is 23.2 Å².